The summed E-state index contributed by atoms with van der Waals surface area (Å²) in [5.74, 6) is -0.425. The summed E-state index contributed by atoms with van der Waals surface area (Å²) in [6.07, 6.45) is -3.87. The maximum Gasteiger partial charge on any atom is 0.231 e. The van der Waals surface area contributed by atoms with Gasteiger partial charge < -0.3 is 35.8 Å². The van der Waals surface area contributed by atoms with Crippen molar-refractivity contribution < 1.29 is 29.2 Å². The van der Waals surface area contributed by atoms with Gasteiger partial charge in [0.25, 0.3) is 0 Å². The molecule has 2 aliphatic heterocycles. The lowest BCUT2D eigenvalue weighted by molar-refractivity contribution is -0.269. The molecule has 5 atom stereocenters. The highest BCUT2D eigenvalue weighted by Crippen LogP contribution is 2.26. The fourth-order valence-electron chi connectivity index (χ4n) is 4.17. The summed E-state index contributed by atoms with van der Waals surface area (Å²) in [5, 5.41) is 41.3. The van der Waals surface area contributed by atoms with Crippen LogP contribution in [0.4, 0.5) is 4.39 Å². The van der Waals surface area contributed by atoms with Crippen LogP contribution >= 0.6 is 0 Å². The molecule has 0 bridgehead atoms. The molecule has 0 spiro atoms. The monoisotopic (exact) mass is 506 g/mol. The number of nitrogens with two attached hydrogens (primary N) is 1. The fraction of sp³-hybridized carbons (Fsp3) is 0.577. The van der Waals surface area contributed by atoms with Crippen LogP contribution in [0.5, 0.6) is 0 Å². The third-order valence-corrected chi connectivity index (χ3v) is 6.52. The van der Waals surface area contributed by atoms with E-state index in [1.165, 1.54) is 0 Å². The number of allylic oxidation sites excluding steroid dienone is 1. The van der Waals surface area contributed by atoms with Gasteiger partial charge in [-0.2, -0.15) is 0 Å². The zero-order chi connectivity index (χ0) is 26.2. The Balaban J connectivity index is 1.67. The summed E-state index contributed by atoms with van der Waals surface area (Å²) >= 11 is 0. The number of rotatable bonds is 9. The van der Waals surface area contributed by atoms with Crippen molar-refractivity contribution in [3.63, 3.8) is 0 Å². The molecule has 5 unspecified atom stereocenters. The Labute approximate surface area is 211 Å². The zero-order valence-corrected chi connectivity index (χ0v) is 20.9. The highest BCUT2D eigenvalue weighted by Gasteiger charge is 2.46. The molecule has 7 N–H and O–H groups in total. The first-order chi connectivity index (χ1) is 17.2. The third-order valence-electron chi connectivity index (χ3n) is 6.52. The largest absolute Gasteiger partial charge is 0.445 e. The zero-order valence-electron chi connectivity index (χ0n) is 20.9. The predicted octanol–water partition coefficient (Wildman–Crippen LogP) is 0.787. The second-order valence-electron chi connectivity index (χ2n) is 9.56. The highest BCUT2D eigenvalue weighted by atomic mass is 19.1. The van der Waals surface area contributed by atoms with Gasteiger partial charge >= 0.3 is 0 Å². The van der Waals surface area contributed by atoms with E-state index < -0.39 is 37.4 Å². The van der Waals surface area contributed by atoms with E-state index in [0.717, 1.165) is 43.9 Å². The lowest BCUT2D eigenvalue weighted by Gasteiger charge is -2.38. The Bertz CT molecular complexity index is 915. The van der Waals surface area contributed by atoms with Crippen molar-refractivity contribution in [2.75, 3.05) is 39.3 Å². The van der Waals surface area contributed by atoms with Crippen molar-refractivity contribution in [3.05, 3.63) is 52.7 Å². The second-order valence-corrected chi connectivity index (χ2v) is 9.56. The molecule has 10 heteroatoms. The summed E-state index contributed by atoms with van der Waals surface area (Å²) in [4.78, 5) is 2.39. The number of benzene rings is 1. The van der Waals surface area contributed by atoms with Crippen LogP contribution < -0.4 is 11.1 Å². The van der Waals surface area contributed by atoms with Gasteiger partial charge in [-0.15, -0.1) is 0 Å². The molecule has 0 aromatic heterocycles. The fourth-order valence-corrected chi connectivity index (χ4v) is 4.17. The highest BCUT2D eigenvalue weighted by molar-refractivity contribution is 5.92. The topological polar surface area (TPSA) is 144 Å². The number of hydrogen-bond acceptors (Lipinski definition) is 9. The number of nitrogens with zero attached hydrogens (tertiary/aromatic N) is 1. The van der Waals surface area contributed by atoms with Gasteiger partial charge in [0.05, 0.1) is 6.61 Å². The molecular formula is C26H39FN4O5. The smallest absolute Gasteiger partial charge is 0.231 e. The number of aliphatic hydroxyl groups excluding tert-OH is 3. The predicted molar refractivity (Wildman–Crippen MR) is 136 cm³/mol. The lowest BCUT2D eigenvalue weighted by Crippen LogP contribution is -2.58. The number of nitrogens with one attached hydrogen (secondary N) is 2. The first kappa shape index (κ1) is 28.2. The molecule has 0 radical (unpaired) electrons. The van der Waals surface area contributed by atoms with Crippen molar-refractivity contribution in [2.45, 2.75) is 51.0 Å². The van der Waals surface area contributed by atoms with Crippen LogP contribution in [-0.4, -0.2) is 96.2 Å². The first-order valence-corrected chi connectivity index (χ1v) is 12.4. The van der Waals surface area contributed by atoms with E-state index in [9.17, 15) is 19.7 Å². The van der Waals surface area contributed by atoms with Crippen LogP contribution in [-0.2, 0) is 15.9 Å². The molecule has 2 aliphatic rings. The molecule has 3 rings (SSSR count). The summed E-state index contributed by atoms with van der Waals surface area (Å²) in [7, 11) is 0. The van der Waals surface area contributed by atoms with E-state index in [4.69, 9.17) is 20.6 Å². The molecule has 9 nitrogen and oxygen atoms in total. The van der Waals surface area contributed by atoms with Gasteiger partial charge in [0, 0.05) is 50.4 Å². The van der Waals surface area contributed by atoms with Crippen molar-refractivity contribution in [1.82, 2.24) is 10.2 Å². The van der Waals surface area contributed by atoms with E-state index in [1.807, 2.05) is 38.1 Å². The summed E-state index contributed by atoms with van der Waals surface area (Å²) in [6, 6.07) is 7.90. The minimum absolute atomic E-state index is 0.0839. The minimum Gasteiger partial charge on any atom is -0.445 e. The van der Waals surface area contributed by atoms with Gasteiger partial charge in [-0.1, -0.05) is 50.3 Å². The van der Waals surface area contributed by atoms with Gasteiger partial charge in [-0.25, -0.2) is 4.39 Å². The Morgan fingerprint density at radius 1 is 1.25 bits per heavy atom. The first-order valence-electron chi connectivity index (χ1n) is 12.4. The van der Waals surface area contributed by atoms with Crippen LogP contribution in [0.15, 0.2) is 41.6 Å². The average molecular weight is 507 g/mol. The Hall–Kier alpha value is -2.34. The quantitative estimate of drug-likeness (QED) is 0.213. The van der Waals surface area contributed by atoms with E-state index in [-0.39, 0.29) is 11.8 Å². The normalized spacial score (nSPS) is 28.4. The standard InChI is InChI=1S/C26H39FN4O5/c1-16(2)22(28)19(25(29)36-26-24(34)23(33)21(27)20(15-32)35-26)14-18-7-5-17(6-8-18)4-3-11-31-12-9-30-10-13-31/h3-8,16,20-21,23-24,26,29-30,32-34H,9-15,28H2,1-2H3/b4-3+,22-19-,29-25?. The maximum atomic E-state index is 14.0. The molecule has 200 valence electrons. The van der Waals surface area contributed by atoms with Crippen LogP contribution in [0.2, 0.25) is 0 Å². The molecule has 0 saturated carbocycles. The van der Waals surface area contributed by atoms with Crippen molar-refractivity contribution in [2.24, 2.45) is 11.7 Å². The van der Waals surface area contributed by atoms with Crippen LogP contribution in [0.3, 0.4) is 0 Å². The Morgan fingerprint density at radius 2 is 1.92 bits per heavy atom. The lowest BCUT2D eigenvalue weighted by atomic mass is 9.97. The van der Waals surface area contributed by atoms with E-state index in [2.05, 4.69) is 22.4 Å². The minimum atomic E-state index is -1.97. The van der Waals surface area contributed by atoms with Crippen molar-refractivity contribution >= 4 is 12.0 Å². The Morgan fingerprint density at radius 3 is 2.53 bits per heavy atom. The number of ether oxygens (including phenoxy) is 2. The molecule has 2 heterocycles. The van der Waals surface area contributed by atoms with Gasteiger partial charge in [0.15, 0.2) is 6.17 Å². The number of halogens is 1. The maximum absolute atomic E-state index is 14.0. The van der Waals surface area contributed by atoms with Gasteiger partial charge in [0.2, 0.25) is 12.2 Å². The molecule has 2 saturated heterocycles. The molecular weight excluding hydrogens is 467 g/mol. The Kier molecular flexibility index (Phi) is 10.4. The van der Waals surface area contributed by atoms with Gasteiger partial charge in [0.1, 0.15) is 18.3 Å². The van der Waals surface area contributed by atoms with Crippen LogP contribution in [0.1, 0.15) is 25.0 Å². The van der Waals surface area contributed by atoms with Gasteiger partial charge in [-0.05, 0) is 17.0 Å². The van der Waals surface area contributed by atoms with Crippen LogP contribution in [0.25, 0.3) is 6.08 Å². The van der Waals surface area contributed by atoms with Gasteiger partial charge in [-0.3, -0.25) is 10.3 Å². The number of aliphatic hydroxyl groups is 3. The third kappa shape index (κ3) is 7.34. The molecule has 0 amide bonds. The SMILES string of the molecule is CC(C)/C(N)=C(\Cc1ccc(/C=C/CN2CCNCC2)cc1)C(=N)OC1OC(CO)C(F)C(O)C1O. The van der Waals surface area contributed by atoms with Crippen LogP contribution in [0, 0.1) is 11.3 Å². The average Bonchev–Trinajstić information content (AvgIpc) is 2.88. The molecule has 1 aromatic rings. The summed E-state index contributed by atoms with van der Waals surface area (Å²) in [6.45, 7) is 8.09. The molecule has 2 fully saturated rings. The second kappa shape index (κ2) is 13.3. The van der Waals surface area contributed by atoms with E-state index in [1.54, 1.807) is 0 Å². The van der Waals surface area contributed by atoms with Crippen molar-refractivity contribution in [1.29, 1.82) is 5.41 Å². The molecule has 0 aliphatic carbocycles. The molecule has 36 heavy (non-hydrogen) atoms. The van der Waals surface area contributed by atoms with E-state index in [0.29, 0.717) is 17.7 Å². The number of piperazine rings is 1. The van der Waals surface area contributed by atoms with Crippen molar-refractivity contribution in [3.8, 4) is 0 Å². The number of hydrogen-bond donors (Lipinski definition) is 6. The summed E-state index contributed by atoms with van der Waals surface area (Å²) in [5.41, 5.74) is 9.11. The van der Waals surface area contributed by atoms with E-state index >= 15 is 0 Å². The number of alkyl halides is 1. The molecule has 1 aromatic carbocycles. The summed E-state index contributed by atoms with van der Waals surface area (Å²) < 4.78 is 24.8.